The molecule has 5 rings (SSSR count). The van der Waals surface area contributed by atoms with Crippen LogP contribution in [0.25, 0.3) is 6.20 Å². The molecule has 182 valence electrons. The van der Waals surface area contributed by atoms with Crippen LogP contribution in [-0.2, 0) is 11.0 Å². The van der Waals surface area contributed by atoms with Crippen molar-refractivity contribution in [3.63, 3.8) is 0 Å². The van der Waals surface area contributed by atoms with Gasteiger partial charge in [0.05, 0.1) is 17.2 Å². The highest BCUT2D eigenvalue weighted by Crippen LogP contribution is 2.59. The fraction of sp³-hybridized carbons (Fsp3) is 0.696. The number of carbonyl (C=O) groups is 2. The largest absolute Gasteiger partial charge is 0.434 e. The predicted octanol–water partition coefficient (Wildman–Crippen LogP) is 3.06. The molecule has 2 amide bonds. The van der Waals surface area contributed by atoms with Gasteiger partial charge in [0.1, 0.15) is 0 Å². The van der Waals surface area contributed by atoms with Crippen molar-refractivity contribution in [3.05, 3.63) is 23.5 Å². The molecule has 0 saturated heterocycles. The Bertz CT molecular complexity index is 953. The first kappa shape index (κ1) is 23.8. The minimum Gasteiger partial charge on any atom is -0.396 e. The summed E-state index contributed by atoms with van der Waals surface area (Å²) in [6.07, 6.45) is 2.98. The lowest BCUT2D eigenvalue weighted by Crippen LogP contribution is -2.60. The second-order valence-electron chi connectivity index (χ2n) is 10.6. The summed E-state index contributed by atoms with van der Waals surface area (Å²) in [5, 5.41) is 19.0. The second kappa shape index (κ2) is 8.14. The van der Waals surface area contributed by atoms with Crippen LogP contribution in [0.2, 0.25) is 0 Å². The summed E-state index contributed by atoms with van der Waals surface area (Å²) in [5.41, 5.74) is -2.85. The average Bonchev–Trinajstić information content (AvgIpc) is 3.18. The minimum atomic E-state index is -4.81. The van der Waals surface area contributed by atoms with Gasteiger partial charge in [0.2, 0.25) is 5.91 Å². The second-order valence-corrected chi connectivity index (χ2v) is 10.6. The van der Waals surface area contributed by atoms with Crippen molar-refractivity contribution in [1.29, 1.82) is 0 Å². The Kier molecular flexibility index (Phi) is 5.87. The molecule has 1 aromatic rings. The van der Waals surface area contributed by atoms with E-state index < -0.39 is 28.8 Å². The van der Waals surface area contributed by atoms with Crippen LogP contribution in [0.4, 0.5) is 13.2 Å². The summed E-state index contributed by atoms with van der Waals surface area (Å²) in [7, 11) is 1.45. The smallest absolute Gasteiger partial charge is 0.396 e. The number of amides is 2. The maximum absolute atomic E-state index is 13.9. The van der Waals surface area contributed by atoms with Crippen LogP contribution in [0.5, 0.6) is 0 Å². The molecule has 1 aromatic heterocycles. The van der Waals surface area contributed by atoms with E-state index in [1.807, 2.05) is 0 Å². The van der Waals surface area contributed by atoms with Gasteiger partial charge in [-0.15, -0.1) is 0 Å². The summed E-state index contributed by atoms with van der Waals surface area (Å²) in [6.45, 7) is 3.26. The van der Waals surface area contributed by atoms with Gasteiger partial charge in [-0.1, -0.05) is 6.08 Å². The normalized spacial score (nSPS) is 31.2. The van der Waals surface area contributed by atoms with Gasteiger partial charge in [-0.3, -0.25) is 9.59 Å². The average molecular weight is 469 g/mol. The molecular formula is C23H31F3N4O3. The molecule has 4 aliphatic carbocycles. The third-order valence-electron chi connectivity index (χ3n) is 7.79. The Balaban J connectivity index is 1.57. The summed E-state index contributed by atoms with van der Waals surface area (Å²) < 4.78 is 42.4. The van der Waals surface area contributed by atoms with Crippen molar-refractivity contribution in [2.45, 2.75) is 58.2 Å². The molecule has 2 atom stereocenters. The third-order valence-corrected chi connectivity index (χ3v) is 7.79. The molecule has 2 unspecified atom stereocenters. The standard InChI is InChI=1S/C23H31F3N4O3/c1-21(2,20(33)27-3)4-5-30-18(23(24,25)26)16(11-28-30)19(32)29-17-14-6-13-7-15(17)10-22(8-13,9-14)12-31/h4-5,11,13-15,17,31H,6-10,12H2,1-3H3,(H,27,33)(H,29,32)/b5-4+. The number of aliphatic hydroxyl groups is 1. The van der Waals surface area contributed by atoms with Gasteiger partial charge in [-0.2, -0.15) is 18.3 Å². The van der Waals surface area contributed by atoms with E-state index >= 15 is 0 Å². The molecule has 0 aromatic carbocycles. The first-order chi connectivity index (χ1) is 15.4. The highest BCUT2D eigenvalue weighted by Gasteiger charge is 2.55. The highest BCUT2D eigenvalue weighted by molar-refractivity contribution is 5.95. The lowest BCUT2D eigenvalue weighted by Gasteiger charge is -2.59. The van der Waals surface area contributed by atoms with Gasteiger partial charge < -0.3 is 15.7 Å². The molecule has 0 aliphatic heterocycles. The van der Waals surface area contributed by atoms with Crippen molar-refractivity contribution in [1.82, 2.24) is 20.4 Å². The van der Waals surface area contributed by atoms with Gasteiger partial charge >= 0.3 is 6.18 Å². The number of nitrogens with zero attached hydrogens (tertiary/aromatic N) is 2. The molecule has 4 fully saturated rings. The summed E-state index contributed by atoms with van der Waals surface area (Å²) in [6, 6.07) is -0.194. The molecule has 0 spiro atoms. The van der Waals surface area contributed by atoms with E-state index in [-0.39, 0.29) is 35.8 Å². The van der Waals surface area contributed by atoms with Crippen molar-refractivity contribution < 1.29 is 27.9 Å². The zero-order chi connectivity index (χ0) is 24.2. The Hall–Kier alpha value is -2.36. The number of halogens is 3. The zero-order valence-electron chi connectivity index (χ0n) is 19.1. The molecule has 33 heavy (non-hydrogen) atoms. The molecular weight excluding hydrogens is 437 g/mol. The lowest BCUT2D eigenvalue weighted by molar-refractivity contribution is -0.142. The fourth-order valence-corrected chi connectivity index (χ4v) is 6.43. The Morgan fingerprint density at radius 3 is 2.42 bits per heavy atom. The van der Waals surface area contributed by atoms with Gasteiger partial charge in [0.25, 0.3) is 5.91 Å². The van der Waals surface area contributed by atoms with Gasteiger partial charge in [-0.25, -0.2) is 4.68 Å². The van der Waals surface area contributed by atoms with E-state index in [0.29, 0.717) is 10.6 Å². The summed E-state index contributed by atoms with van der Waals surface area (Å²) in [4.78, 5) is 25.0. The van der Waals surface area contributed by atoms with E-state index in [9.17, 15) is 27.9 Å². The topological polar surface area (TPSA) is 96.2 Å². The molecule has 10 heteroatoms. The van der Waals surface area contributed by atoms with Crippen LogP contribution in [-0.4, -0.2) is 46.4 Å². The highest BCUT2D eigenvalue weighted by atomic mass is 19.4. The van der Waals surface area contributed by atoms with Crippen molar-refractivity contribution >= 4 is 18.0 Å². The van der Waals surface area contributed by atoms with Crippen LogP contribution in [0.1, 0.15) is 62.0 Å². The molecule has 4 saturated carbocycles. The fourth-order valence-electron chi connectivity index (χ4n) is 6.43. The first-order valence-corrected chi connectivity index (χ1v) is 11.4. The maximum atomic E-state index is 13.9. The number of aromatic nitrogens is 2. The van der Waals surface area contributed by atoms with Gasteiger partial charge in [-0.05, 0) is 69.1 Å². The van der Waals surface area contributed by atoms with E-state index in [4.69, 9.17) is 0 Å². The van der Waals surface area contributed by atoms with E-state index in [1.54, 1.807) is 13.8 Å². The van der Waals surface area contributed by atoms with Crippen molar-refractivity contribution in [3.8, 4) is 0 Å². The molecule has 0 radical (unpaired) electrons. The zero-order valence-corrected chi connectivity index (χ0v) is 19.1. The quantitative estimate of drug-likeness (QED) is 0.598. The Morgan fingerprint density at radius 2 is 1.88 bits per heavy atom. The Morgan fingerprint density at radius 1 is 1.24 bits per heavy atom. The molecule has 4 aliphatic rings. The van der Waals surface area contributed by atoms with E-state index in [0.717, 1.165) is 44.5 Å². The lowest BCUT2D eigenvalue weighted by atomic mass is 9.48. The van der Waals surface area contributed by atoms with Crippen LogP contribution in [0.3, 0.4) is 0 Å². The predicted molar refractivity (Wildman–Crippen MR) is 115 cm³/mol. The Labute approximate surface area is 190 Å². The van der Waals surface area contributed by atoms with Crippen LogP contribution < -0.4 is 10.6 Å². The van der Waals surface area contributed by atoms with Crippen molar-refractivity contribution in [2.75, 3.05) is 13.7 Å². The van der Waals surface area contributed by atoms with Gasteiger partial charge in [0.15, 0.2) is 5.69 Å². The van der Waals surface area contributed by atoms with Crippen molar-refractivity contribution in [2.24, 2.45) is 28.6 Å². The summed E-state index contributed by atoms with van der Waals surface area (Å²) >= 11 is 0. The number of rotatable bonds is 6. The SMILES string of the molecule is CNC(=O)C(C)(C)/C=C/n1ncc(C(=O)NC2C3CC4CC2CC(CO)(C4)C3)c1C(F)(F)F. The monoisotopic (exact) mass is 468 g/mol. The number of carbonyl (C=O) groups excluding carboxylic acids is 2. The third kappa shape index (κ3) is 4.29. The number of hydrogen-bond donors (Lipinski definition) is 3. The molecule has 7 nitrogen and oxygen atoms in total. The molecule has 4 bridgehead atoms. The van der Waals surface area contributed by atoms with Crippen LogP contribution >= 0.6 is 0 Å². The number of hydrogen-bond acceptors (Lipinski definition) is 4. The molecule has 1 heterocycles. The van der Waals surface area contributed by atoms with Crippen LogP contribution in [0, 0.1) is 28.6 Å². The molecule has 3 N–H and O–H groups in total. The van der Waals surface area contributed by atoms with E-state index in [2.05, 4.69) is 15.7 Å². The number of alkyl halides is 3. The van der Waals surface area contributed by atoms with Crippen LogP contribution in [0.15, 0.2) is 12.3 Å². The number of nitrogens with one attached hydrogen (secondary N) is 2. The first-order valence-electron chi connectivity index (χ1n) is 11.4. The summed E-state index contributed by atoms with van der Waals surface area (Å²) in [5.74, 6) is -0.289. The van der Waals surface area contributed by atoms with E-state index in [1.165, 1.54) is 13.1 Å². The maximum Gasteiger partial charge on any atom is 0.434 e. The minimum absolute atomic E-state index is 0.0951. The van der Waals surface area contributed by atoms with Gasteiger partial charge in [0, 0.05) is 25.9 Å². The number of aliphatic hydroxyl groups excluding tert-OH is 1.